The Morgan fingerprint density at radius 3 is 2.63 bits per heavy atom. The third kappa shape index (κ3) is 3.63. The first-order chi connectivity index (χ1) is 18.4. The molecule has 38 heavy (non-hydrogen) atoms. The normalized spacial score (nSPS) is 18.5. The number of nitrogens with one attached hydrogen (secondary N) is 2. The number of urea groups is 1. The fourth-order valence-electron chi connectivity index (χ4n) is 5.62. The molecule has 0 unspecified atom stereocenters. The SMILES string of the molecule is COc1ccc(CCNC(=O)c2cccc(N3C(=O)N4CCc5c([nH]c6ccccc56)[C@@]4(C)C3=O)c2)cc1. The van der Waals surface area contributed by atoms with E-state index in [4.69, 9.17) is 4.74 Å². The molecule has 192 valence electrons. The van der Waals surface area contributed by atoms with Crippen LogP contribution in [0.15, 0.2) is 72.8 Å². The van der Waals surface area contributed by atoms with E-state index < -0.39 is 5.54 Å². The van der Waals surface area contributed by atoms with E-state index in [2.05, 4.69) is 10.3 Å². The maximum Gasteiger partial charge on any atom is 0.332 e. The lowest BCUT2D eigenvalue weighted by Crippen LogP contribution is -2.49. The zero-order chi connectivity index (χ0) is 26.4. The van der Waals surface area contributed by atoms with Crippen LogP contribution in [0, 0.1) is 0 Å². The number of amides is 4. The number of imide groups is 1. The summed E-state index contributed by atoms with van der Waals surface area (Å²) in [4.78, 5) is 46.6. The van der Waals surface area contributed by atoms with Crippen LogP contribution < -0.4 is 15.0 Å². The molecular formula is C30H28N4O4. The maximum absolute atomic E-state index is 13.9. The molecule has 1 aromatic heterocycles. The molecule has 1 fully saturated rings. The lowest BCUT2D eigenvalue weighted by molar-refractivity contribution is -0.125. The number of aromatic amines is 1. The Balaban J connectivity index is 1.23. The zero-order valence-corrected chi connectivity index (χ0v) is 21.3. The lowest BCUT2D eigenvalue weighted by Gasteiger charge is -2.35. The van der Waals surface area contributed by atoms with Gasteiger partial charge in [0.05, 0.1) is 18.5 Å². The van der Waals surface area contributed by atoms with E-state index in [0.29, 0.717) is 37.2 Å². The van der Waals surface area contributed by atoms with E-state index in [1.54, 1.807) is 43.2 Å². The number of hydrogen-bond donors (Lipinski definition) is 2. The highest BCUT2D eigenvalue weighted by atomic mass is 16.5. The average Bonchev–Trinajstić information content (AvgIpc) is 3.42. The van der Waals surface area contributed by atoms with E-state index in [1.165, 1.54) is 4.90 Å². The van der Waals surface area contributed by atoms with Gasteiger partial charge >= 0.3 is 6.03 Å². The van der Waals surface area contributed by atoms with Crippen molar-refractivity contribution >= 4 is 34.4 Å². The molecule has 1 atom stereocenters. The number of hydrogen-bond acceptors (Lipinski definition) is 4. The van der Waals surface area contributed by atoms with Gasteiger partial charge in [-0.05, 0) is 67.3 Å². The molecule has 0 spiro atoms. The van der Waals surface area contributed by atoms with Crippen LogP contribution in [0.25, 0.3) is 10.9 Å². The first-order valence-corrected chi connectivity index (χ1v) is 12.7. The molecule has 2 N–H and O–H groups in total. The van der Waals surface area contributed by atoms with Gasteiger partial charge in [-0.1, -0.05) is 36.4 Å². The summed E-state index contributed by atoms with van der Waals surface area (Å²) < 4.78 is 5.18. The van der Waals surface area contributed by atoms with Gasteiger partial charge in [-0.15, -0.1) is 0 Å². The number of carbonyl (C=O) groups excluding carboxylic acids is 3. The van der Waals surface area contributed by atoms with Crippen LogP contribution in [0.2, 0.25) is 0 Å². The molecule has 4 amide bonds. The first kappa shape index (κ1) is 23.8. The van der Waals surface area contributed by atoms with E-state index >= 15 is 0 Å². The van der Waals surface area contributed by atoms with Gasteiger partial charge < -0.3 is 19.9 Å². The summed E-state index contributed by atoms with van der Waals surface area (Å²) in [5, 5.41) is 4.01. The molecule has 2 aliphatic rings. The molecule has 2 aliphatic heterocycles. The average molecular weight is 509 g/mol. The summed E-state index contributed by atoms with van der Waals surface area (Å²) in [6, 6.07) is 22.0. The number of methoxy groups -OCH3 is 1. The molecule has 8 heteroatoms. The fraction of sp³-hybridized carbons (Fsp3) is 0.233. The van der Waals surface area contributed by atoms with Gasteiger partial charge in [0.15, 0.2) is 5.54 Å². The minimum Gasteiger partial charge on any atom is -0.497 e. The Kier molecular flexibility index (Phi) is 5.67. The largest absolute Gasteiger partial charge is 0.497 e. The Hall–Kier alpha value is -4.59. The van der Waals surface area contributed by atoms with Crippen molar-refractivity contribution in [1.82, 2.24) is 15.2 Å². The summed E-state index contributed by atoms with van der Waals surface area (Å²) >= 11 is 0. The maximum atomic E-state index is 13.9. The van der Waals surface area contributed by atoms with Crippen molar-refractivity contribution in [3.63, 3.8) is 0 Å². The standard InChI is InChI=1S/C30H28N4O4/c1-30-26-24(23-8-3-4-9-25(23)32-26)15-17-33(30)29(37)34(28(30)36)21-7-5-6-20(18-21)27(35)31-16-14-19-10-12-22(38-2)13-11-19/h3-13,18,32H,14-17H2,1-2H3,(H,31,35)/t30-/m0/s1. The van der Waals surface area contributed by atoms with E-state index in [9.17, 15) is 14.4 Å². The quantitative estimate of drug-likeness (QED) is 0.378. The highest BCUT2D eigenvalue weighted by Gasteiger charge is 2.59. The van der Waals surface area contributed by atoms with Gasteiger partial charge in [-0.3, -0.25) is 9.59 Å². The Morgan fingerprint density at radius 2 is 1.84 bits per heavy atom. The molecule has 8 nitrogen and oxygen atoms in total. The second-order valence-electron chi connectivity index (χ2n) is 9.83. The lowest BCUT2D eigenvalue weighted by atomic mass is 9.87. The monoisotopic (exact) mass is 508 g/mol. The van der Waals surface area contributed by atoms with Gasteiger partial charge in [0.2, 0.25) is 0 Å². The van der Waals surface area contributed by atoms with Crippen LogP contribution in [0.3, 0.4) is 0 Å². The number of benzene rings is 3. The van der Waals surface area contributed by atoms with Gasteiger partial charge in [0.1, 0.15) is 5.75 Å². The summed E-state index contributed by atoms with van der Waals surface area (Å²) in [5.41, 5.74) is 3.50. The van der Waals surface area contributed by atoms with Crippen molar-refractivity contribution in [2.24, 2.45) is 0 Å². The topological polar surface area (TPSA) is 94.7 Å². The van der Waals surface area contributed by atoms with Gasteiger partial charge in [-0.2, -0.15) is 0 Å². The smallest absolute Gasteiger partial charge is 0.332 e. The van der Waals surface area contributed by atoms with Crippen molar-refractivity contribution in [3.05, 3.63) is 95.2 Å². The summed E-state index contributed by atoms with van der Waals surface area (Å²) in [7, 11) is 1.62. The molecule has 3 heterocycles. The molecule has 3 aromatic carbocycles. The molecule has 0 saturated carbocycles. The predicted octanol–water partition coefficient (Wildman–Crippen LogP) is 4.39. The molecule has 0 radical (unpaired) electrons. The third-order valence-corrected chi connectivity index (χ3v) is 7.69. The zero-order valence-electron chi connectivity index (χ0n) is 21.3. The van der Waals surface area contributed by atoms with Crippen LogP contribution in [-0.4, -0.2) is 47.9 Å². The van der Waals surface area contributed by atoms with Gasteiger partial charge in [0.25, 0.3) is 11.8 Å². The first-order valence-electron chi connectivity index (χ1n) is 12.7. The number of aromatic nitrogens is 1. The van der Waals surface area contributed by atoms with E-state index in [-0.39, 0.29) is 17.8 Å². The number of fused-ring (bicyclic) bond motifs is 5. The summed E-state index contributed by atoms with van der Waals surface area (Å²) in [5.74, 6) is 0.194. The second kappa shape index (κ2) is 9.06. The molecule has 0 bridgehead atoms. The van der Waals surface area contributed by atoms with Crippen LogP contribution in [0.1, 0.15) is 34.1 Å². The summed E-state index contributed by atoms with van der Waals surface area (Å²) in [6.07, 6.45) is 1.33. The van der Waals surface area contributed by atoms with Gasteiger partial charge in [-0.25, -0.2) is 9.69 Å². The van der Waals surface area contributed by atoms with Crippen LogP contribution in [0.4, 0.5) is 10.5 Å². The Bertz CT molecular complexity index is 1570. The molecule has 1 saturated heterocycles. The number of para-hydroxylation sites is 1. The fourth-order valence-corrected chi connectivity index (χ4v) is 5.62. The van der Waals surface area contributed by atoms with Gasteiger partial charge in [0, 0.05) is 29.6 Å². The van der Waals surface area contributed by atoms with Crippen LogP contribution >= 0.6 is 0 Å². The molecule has 0 aliphatic carbocycles. The van der Waals surface area contributed by atoms with E-state index in [0.717, 1.165) is 33.5 Å². The van der Waals surface area contributed by atoms with Crippen molar-refractivity contribution in [2.45, 2.75) is 25.3 Å². The van der Waals surface area contributed by atoms with Crippen molar-refractivity contribution in [1.29, 1.82) is 0 Å². The molecule has 4 aromatic rings. The van der Waals surface area contributed by atoms with Crippen molar-refractivity contribution in [3.8, 4) is 5.75 Å². The third-order valence-electron chi connectivity index (χ3n) is 7.69. The van der Waals surface area contributed by atoms with E-state index in [1.807, 2.05) is 48.5 Å². The number of carbonyl (C=O) groups is 3. The van der Waals surface area contributed by atoms with Crippen molar-refractivity contribution in [2.75, 3.05) is 25.1 Å². The Labute approximate surface area is 220 Å². The molecular weight excluding hydrogens is 480 g/mol. The van der Waals surface area contributed by atoms with Crippen LogP contribution in [-0.2, 0) is 23.2 Å². The second-order valence-corrected chi connectivity index (χ2v) is 9.83. The highest BCUT2D eigenvalue weighted by molar-refractivity contribution is 6.24. The Morgan fingerprint density at radius 1 is 1.05 bits per heavy atom. The predicted molar refractivity (Wildman–Crippen MR) is 144 cm³/mol. The van der Waals surface area contributed by atoms with Crippen molar-refractivity contribution < 1.29 is 19.1 Å². The number of ether oxygens (including phenoxy) is 1. The molecule has 6 rings (SSSR count). The highest BCUT2D eigenvalue weighted by Crippen LogP contribution is 2.45. The minimum absolute atomic E-state index is 0.263. The number of anilines is 1. The number of rotatable bonds is 6. The van der Waals surface area contributed by atoms with Crippen LogP contribution in [0.5, 0.6) is 5.75 Å². The summed E-state index contributed by atoms with van der Waals surface area (Å²) in [6.45, 7) is 2.69. The minimum atomic E-state index is -1.14. The number of H-pyrrole nitrogens is 1. The number of nitrogens with zero attached hydrogens (tertiary/aromatic N) is 2.